The predicted octanol–water partition coefficient (Wildman–Crippen LogP) is 2.30. The van der Waals surface area contributed by atoms with E-state index in [0.717, 1.165) is 22.7 Å². The van der Waals surface area contributed by atoms with Crippen molar-refractivity contribution in [3.63, 3.8) is 0 Å². The summed E-state index contributed by atoms with van der Waals surface area (Å²) in [6, 6.07) is 10.2. The van der Waals surface area contributed by atoms with Crippen LogP contribution in [-0.4, -0.2) is 47.5 Å². The Hall–Kier alpha value is -3.96. The number of carbonyl (C=O) groups excluding carboxylic acids is 3. The summed E-state index contributed by atoms with van der Waals surface area (Å²) in [7, 11) is 1.51. The van der Waals surface area contributed by atoms with Gasteiger partial charge >= 0.3 is 0 Å². The lowest BCUT2D eigenvalue weighted by Crippen LogP contribution is -2.44. The zero-order chi connectivity index (χ0) is 25.7. The van der Waals surface area contributed by atoms with Crippen molar-refractivity contribution in [3.8, 4) is 5.75 Å². The summed E-state index contributed by atoms with van der Waals surface area (Å²) in [6.45, 7) is 4.31. The first kappa shape index (κ1) is 25.7. The fourth-order valence-corrected chi connectivity index (χ4v) is 4.19. The van der Waals surface area contributed by atoms with E-state index in [9.17, 15) is 19.5 Å². The van der Waals surface area contributed by atoms with Crippen molar-refractivity contribution in [2.45, 2.75) is 19.9 Å². The molecule has 11 heteroatoms. The molecule has 1 heterocycles. The number of aromatic hydroxyl groups is 1. The summed E-state index contributed by atoms with van der Waals surface area (Å²) >= 11 is 0.732. The second-order valence-electron chi connectivity index (χ2n) is 7.86. The zero-order valence-electron chi connectivity index (χ0n) is 19.6. The molecule has 10 nitrogen and oxygen atoms in total. The molecule has 0 bridgehead atoms. The third-order valence-corrected chi connectivity index (χ3v) is 6.31. The zero-order valence-corrected chi connectivity index (χ0v) is 20.4. The van der Waals surface area contributed by atoms with Crippen LogP contribution in [0.5, 0.6) is 5.75 Å². The predicted molar refractivity (Wildman–Crippen MR) is 134 cm³/mol. The summed E-state index contributed by atoms with van der Waals surface area (Å²) in [5.41, 5.74) is 13.8. The molecule has 35 heavy (non-hydrogen) atoms. The maximum atomic E-state index is 13.9. The Kier molecular flexibility index (Phi) is 8.05. The molecule has 3 aromatic rings. The first-order valence-electron chi connectivity index (χ1n) is 10.7. The number of phenols is 1. The third kappa shape index (κ3) is 5.58. The maximum absolute atomic E-state index is 13.9. The highest BCUT2D eigenvalue weighted by Crippen LogP contribution is 2.34. The van der Waals surface area contributed by atoms with Gasteiger partial charge in [0.25, 0.3) is 11.8 Å². The number of nitrogens with zero attached hydrogens (tertiary/aromatic N) is 2. The van der Waals surface area contributed by atoms with Gasteiger partial charge in [-0.15, -0.1) is 0 Å². The summed E-state index contributed by atoms with van der Waals surface area (Å²) in [6.07, 6.45) is 0. The van der Waals surface area contributed by atoms with Crippen molar-refractivity contribution in [2.75, 3.05) is 30.9 Å². The number of primary amides is 1. The molecule has 0 aliphatic heterocycles. The highest BCUT2D eigenvalue weighted by molar-refractivity contribution is 7.09. The molecule has 0 saturated carbocycles. The smallest absolute Gasteiger partial charge is 0.273 e. The van der Waals surface area contributed by atoms with Crippen molar-refractivity contribution < 1.29 is 24.2 Å². The number of rotatable bonds is 9. The lowest BCUT2D eigenvalue weighted by Gasteiger charge is -2.31. The van der Waals surface area contributed by atoms with Gasteiger partial charge in [-0.1, -0.05) is 18.2 Å². The van der Waals surface area contributed by atoms with E-state index in [0.29, 0.717) is 11.3 Å². The van der Waals surface area contributed by atoms with E-state index in [2.05, 4.69) is 9.69 Å². The molecule has 0 radical (unpaired) electrons. The number of amides is 3. The van der Waals surface area contributed by atoms with Gasteiger partial charge in [0.15, 0.2) is 5.69 Å². The van der Waals surface area contributed by atoms with Gasteiger partial charge < -0.3 is 26.6 Å². The molecule has 1 atom stereocenters. The van der Waals surface area contributed by atoms with Crippen LogP contribution in [0.1, 0.15) is 42.9 Å². The summed E-state index contributed by atoms with van der Waals surface area (Å²) in [5, 5.41) is 12.6. The maximum Gasteiger partial charge on any atom is 0.273 e. The standard InChI is InChI=1S/C24H27N5O5S/c1-13-4-7-16(12-14(13)2)29(24(33)21-18(25)19(22(26)31)28-35-21)20(23(32)27-10-11-34-3)15-5-8-17(30)9-6-15/h4-9,12,20,30H,10-11,25H2,1-3H3,(H2,26,31)(H,27,32)/t20-/m1/s1. The number of hydrogen-bond acceptors (Lipinski definition) is 8. The molecule has 1 aromatic heterocycles. The Bertz CT molecular complexity index is 1240. The molecule has 6 N–H and O–H groups in total. The van der Waals surface area contributed by atoms with E-state index in [1.807, 2.05) is 19.9 Å². The normalized spacial score (nSPS) is 11.6. The molecule has 0 unspecified atom stereocenters. The molecule has 0 saturated heterocycles. The second-order valence-corrected chi connectivity index (χ2v) is 8.63. The number of methoxy groups -OCH3 is 1. The SMILES string of the molecule is COCCNC(=O)[C@@H](c1ccc(O)cc1)N(C(=O)c1snc(C(N)=O)c1N)c1ccc(C)c(C)c1. The average molecular weight is 498 g/mol. The first-order valence-corrected chi connectivity index (χ1v) is 11.4. The highest BCUT2D eigenvalue weighted by Gasteiger charge is 2.36. The molecule has 3 amide bonds. The fraction of sp³-hybridized carbons (Fsp3) is 0.250. The number of benzene rings is 2. The number of nitrogens with two attached hydrogens (primary N) is 2. The minimum Gasteiger partial charge on any atom is -0.508 e. The van der Waals surface area contributed by atoms with Crippen LogP contribution >= 0.6 is 11.5 Å². The van der Waals surface area contributed by atoms with E-state index in [1.54, 1.807) is 24.3 Å². The lowest BCUT2D eigenvalue weighted by atomic mass is 10.0. The van der Waals surface area contributed by atoms with Gasteiger partial charge in [-0.2, -0.15) is 4.37 Å². The fourth-order valence-electron chi connectivity index (χ4n) is 3.44. The molecular weight excluding hydrogens is 470 g/mol. The van der Waals surface area contributed by atoms with Crippen LogP contribution in [0.2, 0.25) is 0 Å². The monoisotopic (exact) mass is 497 g/mol. The number of anilines is 2. The summed E-state index contributed by atoms with van der Waals surface area (Å²) in [4.78, 5) is 40.4. The van der Waals surface area contributed by atoms with Crippen LogP contribution in [-0.2, 0) is 9.53 Å². The van der Waals surface area contributed by atoms with Crippen molar-refractivity contribution >= 4 is 40.6 Å². The molecule has 3 rings (SSSR count). The number of carbonyl (C=O) groups is 3. The first-order chi connectivity index (χ1) is 16.6. The Balaban J connectivity index is 2.20. The number of nitrogen functional groups attached to an aromatic ring is 1. The molecule has 0 aliphatic rings. The van der Waals surface area contributed by atoms with E-state index < -0.39 is 23.8 Å². The van der Waals surface area contributed by atoms with Gasteiger partial charge in [0.1, 0.15) is 16.7 Å². The number of hydrogen-bond donors (Lipinski definition) is 4. The van der Waals surface area contributed by atoms with Crippen molar-refractivity contribution in [1.82, 2.24) is 9.69 Å². The Morgan fingerprint density at radius 1 is 1.14 bits per heavy atom. The van der Waals surface area contributed by atoms with Gasteiger partial charge in [-0.25, -0.2) is 0 Å². The van der Waals surface area contributed by atoms with Crippen LogP contribution in [0.3, 0.4) is 0 Å². The molecule has 2 aromatic carbocycles. The largest absolute Gasteiger partial charge is 0.508 e. The quantitative estimate of drug-likeness (QED) is 0.330. The van der Waals surface area contributed by atoms with Crippen LogP contribution in [0.15, 0.2) is 42.5 Å². The van der Waals surface area contributed by atoms with Gasteiger partial charge in [-0.05, 0) is 66.3 Å². The van der Waals surface area contributed by atoms with Crippen LogP contribution in [0, 0.1) is 13.8 Å². The van der Waals surface area contributed by atoms with E-state index in [4.69, 9.17) is 16.2 Å². The Morgan fingerprint density at radius 3 is 2.40 bits per heavy atom. The number of aromatic nitrogens is 1. The number of ether oxygens (including phenoxy) is 1. The molecule has 184 valence electrons. The minimum absolute atomic E-state index is 0.00847. The Labute approximate surface area is 206 Å². The van der Waals surface area contributed by atoms with Crippen molar-refractivity contribution in [3.05, 3.63) is 69.7 Å². The van der Waals surface area contributed by atoms with Gasteiger partial charge in [0.2, 0.25) is 5.91 Å². The van der Waals surface area contributed by atoms with Crippen molar-refractivity contribution in [2.24, 2.45) is 5.73 Å². The second kappa shape index (κ2) is 11.0. The summed E-state index contributed by atoms with van der Waals surface area (Å²) in [5.74, 6) is -1.95. The highest BCUT2D eigenvalue weighted by atomic mass is 32.1. The molecule has 0 fully saturated rings. The van der Waals surface area contributed by atoms with Crippen LogP contribution in [0.25, 0.3) is 0 Å². The lowest BCUT2D eigenvalue weighted by molar-refractivity contribution is -0.122. The van der Waals surface area contributed by atoms with E-state index in [1.165, 1.54) is 24.1 Å². The van der Waals surface area contributed by atoms with Crippen molar-refractivity contribution in [1.29, 1.82) is 0 Å². The number of aryl methyl sites for hydroxylation is 2. The van der Waals surface area contributed by atoms with Gasteiger partial charge in [0.05, 0.1) is 12.3 Å². The molecule has 0 aliphatic carbocycles. The van der Waals surface area contributed by atoms with Gasteiger partial charge in [0, 0.05) is 19.3 Å². The number of nitrogens with one attached hydrogen (secondary N) is 1. The van der Waals surface area contributed by atoms with E-state index in [-0.39, 0.29) is 35.2 Å². The van der Waals surface area contributed by atoms with E-state index >= 15 is 0 Å². The summed E-state index contributed by atoms with van der Waals surface area (Å²) < 4.78 is 8.97. The minimum atomic E-state index is -1.14. The van der Waals surface area contributed by atoms with Crippen LogP contribution in [0.4, 0.5) is 11.4 Å². The molecular formula is C24H27N5O5S. The molecule has 0 spiro atoms. The van der Waals surface area contributed by atoms with Crippen LogP contribution < -0.4 is 21.7 Å². The Morgan fingerprint density at radius 2 is 1.83 bits per heavy atom. The number of phenolic OH excluding ortho intramolecular Hbond substituents is 1. The average Bonchev–Trinajstić information content (AvgIpc) is 3.21. The topological polar surface area (TPSA) is 161 Å². The third-order valence-electron chi connectivity index (χ3n) is 5.46. The van der Waals surface area contributed by atoms with Gasteiger partial charge in [-0.3, -0.25) is 19.3 Å².